The van der Waals surface area contributed by atoms with Crippen LogP contribution in [0.4, 0.5) is 0 Å². The molecule has 1 N–H and O–H groups in total. The summed E-state index contributed by atoms with van der Waals surface area (Å²) in [5.74, 6) is 0.561. The summed E-state index contributed by atoms with van der Waals surface area (Å²) in [4.78, 5) is 24.9. The van der Waals surface area contributed by atoms with Gasteiger partial charge in [0, 0.05) is 19.5 Å². The molecule has 0 spiro atoms. The molecular weight excluding hydrogens is 246 g/mol. The normalized spacial score (nSPS) is 19.5. The number of rotatable bonds is 3. The molecule has 0 saturated carbocycles. The van der Waals surface area contributed by atoms with E-state index >= 15 is 0 Å². The third kappa shape index (κ3) is 3.16. The van der Waals surface area contributed by atoms with Gasteiger partial charge in [0.15, 0.2) is 0 Å². The number of hydrogen-bond acceptors (Lipinski definition) is 3. The number of likely N-dealkylation sites (tertiary alicyclic amines) is 1. The van der Waals surface area contributed by atoms with Crippen molar-refractivity contribution in [3.63, 3.8) is 0 Å². The molecule has 1 aromatic rings. The lowest BCUT2D eigenvalue weighted by molar-refractivity contribution is -0.138. The van der Waals surface area contributed by atoms with E-state index in [4.69, 9.17) is 9.52 Å². The van der Waals surface area contributed by atoms with Crippen molar-refractivity contribution in [3.8, 4) is 0 Å². The van der Waals surface area contributed by atoms with Crippen LogP contribution in [-0.4, -0.2) is 35.0 Å². The first-order chi connectivity index (χ1) is 8.97. The summed E-state index contributed by atoms with van der Waals surface area (Å²) in [6.07, 6.45) is 1.87. The zero-order valence-corrected chi connectivity index (χ0v) is 11.3. The summed E-state index contributed by atoms with van der Waals surface area (Å²) >= 11 is 0. The molecular formula is C14H19NO4. The number of carbonyl (C=O) groups is 2. The van der Waals surface area contributed by atoms with Crippen LogP contribution in [0.15, 0.2) is 10.5 Å². The number of carboxylic acid groups (broad SMARTS) is 1. The number of amides is 1. The summed E-state index contributed by atoms with van der Waals surface area (Å²) in [7, 11) is 0. The van der Waals surface area contributed by atoms with Crippen LogP contribution in [0.1, 0.15) is 41.1 Å². The van der Waals surface area contributed by atoms with Gasteiger partial charge in [-0.1, -0.05) is 0 Å². The van der Waals surface area contributed by atoms with E-state index in [-0.39, 0.29) is 18.2 Å². The lowest BCUT2D eigenvalue weighted by Gasteiger charge is -2.32. The summed E-state index contributed by atoms with van der Waals surface area (Å²) in [6.45, 7) is 4.81. The largest absolute Gasteiger partial charge is 0.481 e. The van der Waals surface area contributed by atoms with Crippen LogP contribution >= 0.6 is 0 Å². The first-order valence-corrected chi connectivity index (χ1v) is 6.55. The van der Waals surface area contributed by atoms with Crippen LogP contribution in [0.5, 0.6) is 0 Å². The predicted molar refractivity (Wildman–Crippen MR) is 69.1 cm³/mol. The monoisotopic (exact) mass is 265 g/mol. The van der Waals surface area contributed by atoms with Gasteiger partial charge in [-0.3, -0.25) is 9.59 Å². The Balaban J connectivity index is 2.07. The molecule has 104 valence electrons. The third-order valence-electron chi connectivity index (χ3n) is 3.54. The fourth-order valence-electron chi connectivity index (χ4n) is 2.68. The van der Waals surface area contributed by atoms with Crippen molar-refractivity contribution in [1.82, 2.24) is 4.90 Å². The van der Waals surface area contributed by atoms with Crippen molar-refractivity contribution in [2.45, 2.75) is 33.1 Å². The SMILES string of the molecule is Cc1cc(C(=O)N2CCCC(CC(=O)O)C2)c(C)o1. The average molecular weight is 265 g/mol. The third-order valence-corrected chi connectivity index (χ3v) is 3.54. The van der Waals surface area contributed by atoms with E-state index in [1.54, 1.807) is 17.9 Å². The maximum Gasteiger partial charge on any atom is 0.303 e. The van der Waals surface area contributed by atoms with E-state index in [1.807, 2.05) is 6.92 Å². The van der Waals surface area contributed by atoms with Gasteiger partial charge in [-0.15, -0.1) is 0 Å². The highest BCUT2D eigenvalue weighted by molar-refractivity contribution is 5.95. The second-order valence-electron chi connectivity index (χ2n) is 5.18. The second kappa shape index (κ2) is 5.47. The smallest absolute Gasteiger partial charge is 0.303 e. The lowest BCUT2D eigenvalue weighted by atomic mass is 9.94. The van der Waals surface area contributed by atoms with Gasteiger partial charge in [0.25, 0.3) is 5.91 Å². The molecule has 1 fully saturated rings. The average Bonchev–Trinajstić information content (AvgIpc) is 2.67. The van der Waals surface area contributed by atoms with Crippen LogP contribution < -0.4 is 0 Å². The molecule has 1 aromatic heterocycles. The molecule has 1 saturated heterocycles. The van der Waals surface area contributed by atoms with Crippen molar-refractivity contribution in [3.05, 3.63) is 23.2 Å². The molecule has 1 unspecified atom stereocenters. The molecule has 5 nitrogen and oxygen atoms in total. The quantitative estimate of drug-likeness (QED) is 0.909. The van der Waals surface area contributed by atoms with Gasteiger partial charge in [-0.2, -0.15) is 0 Å². The minimum absolute atomic E-state index is 0.0514. The van der Waals surface area contributed by atoms with Gasteiger partial charge in [-0.25, -0.2) is 0 Å². The number of hydrogen-bond donors (Lipinski definition) is 1. The number of aryl methyl sites for hydroxylation is 2. The first kappa shape index (κ1) is 13.6. The second-order valence-corrected chi connectivity index (χ2v) is 5.18. The molecule has 1 atom stereocenters. The number of carbonyl (C=O) groups excluding carboxylic acids is 1. The number of nitrogens with zero attached hydrogens (tertiary/aromatic N) is 1. The highest BCUT2D eigenvalue weighted by Gasteiger charge is 2.27. The van der Waals surface area contributed by atoms with Crippen molar-refractivity contribution >= 4 is 11.9 Å². The summed E-state index contributed by atoms with van der Waals surface area (Å²) in [5.41, 5.74) is 0.591. The maximum absolute atomic E-state index is 12.4. The van der Waals surface area contributed by atoms with Gasteiger partial charge in [0.05, 0.1) is 5.56 Å². The molecule has 0 bridgehead atoms. The van der Waals surface area contributed by atoms with E-state index in [2.05, 4.69) is 0 Å². The molecule has 0 radical (unpaired) electrons. The molecule has 1 aliphatic heterocycles. The number of furan rings is 1. The van der Waals surface area contributed by atoms with Gasteiger partial charge < -0.3 is 14.4 Å². The van der Waals surface area contributed by atoms with Crippen molar-refractivity contribution in [2.75, 3.05) is 13.1 Å². The van der Waals surface area contributed by atoms with Gasteiger partial charge in [0.1, 0.15) is 11.5 Å². The highest BCUT2D eigenvalue weighted by Crippen LogP contribution is 2.23. The standard InChI is InChI=1S/C14H19NO4/c1-9-6-12(10(2)19-9)14(18)15-5-3-4-11(8-15)7-13(16)17/h6,11H,3-5,7-8H2,1-2H3,(H,16,17). The summed E-state index contributed by atoms with van der Waals surface area (Å²) in [6, 6.07) is 1.75. The Morgan fingerprint density at radius 1 is 1.47 bits per heavy atom. The molecule has 1 aliphatic rings. The predicted octanol–water partition coefficient (Wildman–Crippen LogP) is 2.22. The Hall–Kier alpha value is -1.78. The molecule has 0 aliphatic carbocycles. The van der Waals surface area contributed by atoms with E-state index in [1.165, 1.54) is 0 Å². The first-order valence-electron chi connectivity index (χ1n) is 6.55. The maximum atomic E-state index is 12.4. The Kier molecular flexibility index (Phi) is 3.93. The van der Waals surface area contributed by atoms with Gasteiger partial charge >= 0.3 is 5.97 Å². The van der Waals surface area contributed by atoms with Crippen LogP contribution in [0.2, 0.25) is 0 Å². The Morgan fingerprint density at radius 2 is 2.21 bits per heavy atom. The Morgan fingerprint density at radius 3 is 2.79 bits per heavy atom. The topological polar surface area (TPSA) is 70.8 Å². The number of aliphatic carboxylic acids is 1. The zero-order valence-electron chi connectivity index (χ0n) is 11.3. The lowest BCUT2D eigenvalue weighted by Crippen LogP contribution is -2.40. The number of piperidine rings is 1. The van der Waals surface area contributed by atoms with Crippen molar-refractivity contribution in [1.29, 1.82) is 0 Å². The van der Waals surface area contributed by atoms with E-state index in [0.717, 1.165) is 18.6 Å². The summed E-state index contributed by atoms with van der Waals surface area (Å²) in [5, 5.41) is 8.84. The summed E-state index contributed by atoms with van der Waals surface area (Å²) < 4.78 is 5.38. The molecule has 2 rings (SSSR count). The molecule has 0 aromatic carbocycles. The van der Waals surface area contributed by atoms with Gasteiger partial charge in [-0.05, 0) is 38.7 Å². The zero-order chi connectivity index (χ0) is 14.0. The van der Waals surface area contributed by atoms with E-state index in [0.29, 0.717) is 24.4 Å². The molecule has 5 heteroatoms. The van der Waals surface area contributed by atoms with Crippen LogP contribution in [0.3, 0.4) is 0 Å². The van der Waals surface area contributed by atoms with Crippen LogP contribution in [0, 0.1) is 19.8 Å². The fourth-order valence-corrected chi connectivity index (χ4v) is 2.68. The van der Waals surface area contributed by atoms with Crippen molar-refractivity contribution in [2.24, 2.45) is 5.92 Å². The minimum atomic E-state index is -0.797. The Bertz CT molecular complexity index is 492. The van der Waals surface area contributed by atoms with Crippen molar-refractivity contribution < 1.29 is 19.1 Å². The van der Waals surface area contributed by atoms with Gasteiger partial charge in [0.2, 0.25) is 0 Å². The van der Waals surface area contributed by atoms with E-state index < -0.39 is 5.97 Å². The Labute approximate surface area is 112 Å². The molecule has 19 heavy (non-hydrogen) atoms. The fraction of sp³-hybridized carbons (Fsp3) is 0.571. The molecule has 1 amide bonds. The number of carboxylic acids is 1. The van der Waals surface area contributed by atoms with Crippen LogP contribution in [0.25, 0.3) is 0 Å². The minimum Gasteiger partial charge on any atom is -0.481 e. The molecule has 2 heterocycles. The van der Waals surface area contributed by atoms with Crippen LogP contribution in [-0.2, 0) is 4.79 Å². The highest BCUT2D eigenvalue weighted by atomic mass is 16.4. The van der Waals surface area contributed by atoms with E-state index in [9.17, 15) is 9.59 Å².